The summed E-state index contributed by atoms with van der Waals surface area (Å²) in [4.78, 5) is 10.4. The molecule has 0 saturated heterocycles. The zero-order chi connectivity index (χ0) is 107. The summed E-state index contributed by atoms with van der Waals surface area (Å²) >= 11 is 0. The van der Waals surface area contributed by atoms with Gasteiger partial charge in [0.15, 0.2) is 0 Å². The van der Waals surface area contributed by atoms with Crippen LogP contribution in [0.3, 0.4) is 0 Å². The molecule has 0 radical (unpaired) electrons. The van der Waals surface area contributed by atoms with E-state index in [4.69, 9.17) is 0 Å². The molecule has 0 aromatic heterocycles. The second-order valence-corrected chi connectivity index (χ2v) is 50.9. The molecule has 0 amide bonds. The molecule has 4 heteroatoms. The largest absolute Gasteiger partial charge is 0.336 e. The molecule has 0 spiro atoms. The van der Waals surface area contributed by atoms with E-state index in [2.05, 4.69) is 595 Å². The first-order valence-electron chi connectivity index (χ1n) is 54.8. The molecule has 4 aliphatic rings. The standard InChI is InChI=1S/C39H47N.C37H43N.C35H39N.C33H35N/c1-36(2,3)31-23-21-27(26-17-13-12-14-18-26)25-33(31)40(38(7,8)9)32-24-22-29-28-19-15-16-20-30(28)39(10,11)34(29)35(32)37(4,5)6;1-24(2)28-20-19-27(26-15-11-10-12-16-26)23-33(28)38(36(5,6)7)32-22-21-30-29-17-13-14-18-31(29)37(8,9)35(30)34(32)25(3)4;1-8-25-27(24-16-11-10-12-17-24)19-15-21-31(25)36(34(3,4)5)32-23-22-29-28-18-13-14-20-30(28)35(6,7)33(29)26(32)9-2;1-22-25(24-14-9-8-10-15-24)17-13-19-29(22)34(32(3,4)5)30-21-20-27-26-16-11-12-18-28(26)33(6,7)31(27)23(30)2/h12-25H,1-11H3;10-25H,1-9H3;10-23H,8-9H2,1-7H3;8-21H,1-7H3. The van der Waals surface area contributed by atoms with E-state index in [-0.39, 0.29) is 54.6 Å². The lowest BCUT2D eigenvalue weighted by molar-refractivity contribution is 0.524. The van der Waals surface area contributed by atoms with Crippen LogP contribution in [0, 0.1) is 13.8 Å². The van der Waals surface area contributed by atoms with E-state index in [1.807, 2.05) is 0 Å². The van der Waals surface area contributed by atoms with Crippen molar-refractivity contribution in [1.82, 2.24) is 0 Å². The van der Waals surface area contributed by atoms with Gasteiger partial charge in [-0.1, -0.05) is 430 Å². The number of benzene rings is 16. The Kier molecular flexibility index (Phi) is 28.6. The van der Waals surface area contributed by atoms with Gasteiger partial charge in [0.2, 0.25) is 0 Å². The minimum absolute atomic E-state index is 0.0117. The lowest BCUT2D eigenvalue weighted by Crippen LogP contribution is -2.41. The molecular weight excluding hydrogens is 1790 g/mol. The highest BCUT2D eigenvalue weighted by atomic mass is 15.2. The van der Waals surface area contributed by atoms with Gasteiger partial charge in [-0.15, -0.1) is 0 Å². The number of fused-ring (bicyclic) bond motifs is 12. The average molecular weight is 1950 g/mol. The Morgan fingerprint density at radius 3 is 0.973 bits per heavy atom. The molecule has 0 bridgehead atoms. The summed E-state index contributed by atoms with van der Waals surface area (Å²) in [5.41, 5.74) is 54.0. The van der Waals surface area contributed by atoms with Crippen LogP contribution in [0.4, 0.5) is 45.5 Å². The molecule has 0 aliphatic heterocycles. The summed E-state index contributed by atoms with van der Waals surface area (Å²) < 4.78 is 0. The molecule has 0 atom stereocenters. The first kappa shape index (κ1) is 106. The van der Waals surface area contributed by atoms with Crippen LogP contribution in [0.25, 0.3) is 89.0 Å². The van der Waals surface area contributed by atoms with Crippen molar-refractivity contribution < 1.29 is 0 Å². The predicted octanol–water partition coefficient (Wildman–Crippen LogP) is 41.0. The first-order valence-corrected chi connectivity index (χ1v) is 54.8. The molecule has 20 rings (SSSR count). The fourth-order valence-corrected chi connectivity index (χ4v) is 25.8. The van der Waals surface area contributed by atoms with Crippen molar-refractivity contribution in [2.75, 3.05) is 19.6 Å². The topological polar surface area (TPSA) is 13.0 Å². The maximum Gasteiger partial charge on any atom is 0.0459 e. The minimum Gasteiger partial charge on any atom is -0.336 e. The number of rotatable bonds is 16. The molecule has 0 heterocycles. The normalized spacial score (nSPS) is 14.1. The summed E-state index contributed by atoms with van der Waals surface area (Å²) in [6, 6.07) is 126. The third kappa shape index (κ3) is 19.4. The quantitative estimate of drug-likeness (QED) is 0.0956. The van der Waals surface area contributed by atoms with Crippen molar-refractivity contribution in [2.45, 2.75) is 315 Å². The van der Waals surface area contributed by atoms with Gasteiger partial charge in [0.25, 0.3) is 0 Å². The molecule has 4 nitrogen and oxygen atoms in total. The molecule has 16 aromatic rings. The van der Waals surface area contributed by atoms with E-state index >= 15 is 0 Å². The second-order valence-electron chi connectivity index (χ2n) is 50.9. The van der Waals surface area contributed by atoms with E-state index in [0.717, 1.165) is 12.8 Å². The van der Waals surface area contributed by atoms with E-state index in [9.17, 15) is 0 Å². The highest BCUT2D eigenvalue weighted by Gasteiger charge is 2.47. The molecule has 0 saturated carbocycles. The molecule has 148 heavy (non-hydrogen) atoms. The lowest BCUT2D eigenvalue weighted by Gasteiger charge is -2.44. The van der Waals surface area contributed by atoms with Crippen LogP contribution in [0.2, 0.25) is 0 Å². The van der Waals surface area contributed by atoms with Crippen LogP contribution in [-0.4, -0.2) is 22.2 Å². The molecule has 4 aliphatic carbocycles. The van der Waals surface area contributed by atoms with Crippen molar-refractivity contribution in [3.8, 4) is 89.0 Å². The summed E-state index contributed by atoms with van der Waals surface area (Å²) in [6.07, 6.45) is 1.98. The van der Waals surface area contributed by atoms with Gasteiger partial charge in [0, 0.05) is 89.3 Å². The van der Waals surface area contributed by atoms with E-state index < -0.39 is 0 Å². The number of nitrogens with zero attached hydrogens (tertiary/aromatic N) is 4. The van der Waals surface area contributed by atoms with Crippen LogP contribution >= 0.6 is 0 Å². The Morgan fingerprint density at radius 1 is 0.223 bits per heavy atom. The van der Waals surface area contributed by atoms with E-state index in [1.165, 1.54) is 224 Å². The fraction of sp³-hybridized carbons (Fsp3) is 0.333. The van der Waals surface area contributed by atoms with Crippen molar-refractivity contribution in [2.24, 2.45) is 0 Å². The van der Waals surface area contributed by atoms with Crippen LogP contribution in [-0.2, 0) is 45.3 Å². The third-order valence-electron chi connectivity index (χ3n) is 32.1. The third-order valence-corrected chi connectivity index (χ3v) is 32.1. The van der Waals surface area contributed by atoms with Gasteiger partial charge in [-0.3, -0.25) is 0 Å². The SMILES string of the molecule is CC(C)(C)c1ccc(-c2ccccc2)cc1N(c1ccc2c(c1C(C)(C)C)C(C)(C)c1ccccc1-2)C(C)(C)C.CC(C)c1ccc(-c2ccccc2)cc1N(c1ccc2c(c1C(C)C)C(C)(C)c1ccccc1-2)C(C)(C)C.CCc1c(-c2ccccc2)cccc1N(c1ccc2c(c1CC)C(C)(C)c1ccccc1-2)C(C)(C)C.Cc1c(-c2ccccc2)cccc1N(c1ccc2c(c1C)C(C)(C)c1ccccc1-2)C(C)(C)C. The van der Waals surface area contributed by atoms with Crippen molar-refractivity contribution in [3.63, 3.8) is 0 Å². The monoisotopic (exact) mass is 1950 g/mol. The summed E-state index contributed by atoms with van der Waals surface area (Å²) in [6.45, 7) is 80.0. The Hall–Kier alpha value is -13.3. The Morgan fingerprint density at radius 2 is 0.541 bits per heavy atom. The highest BCUT2D eigenvalue weighted by Crippen LogP contribution is 2.62. The maximum atomic E-state index is 2.64. The Balaban J connectivity index is 0.000000135. The van der Waals surface area contributed by atoms with Crippen LogP contribution in [0.15, 0.2) is 340 Å². The maximum absolute atomic E-state index is 2.64. The van der Waals surface area contributed by atoms with Gasteiger partial charge >= 0.3 is 0 Å². The molecule has 0 N–H and O–H groups in total. The van der Waals surface area contributed by atoms with Crippen molar-refractivity contribution in [1.29, 1.82) is 0 Å². The zero-order valence-corrected chi connectivity index (χ0v) is 95.7. The van der Waals surface area contributed by atoms with Gasteiger partial charge in [-0.25, -0.2) is 0 Å². The lowest BCUT2D eigenvalue weighted by atomic mass is 9.72. The van der Waals surface area contributed by atoms with Crippen LogP contribution in [0.1, 0.15) is 322 Å². The van der Waals surface area contributed by atoms with E-state index in [1.54, 1.807) is 0 Å². The van der Waals surface area contributed by atoms with Gasteiger partial charge in [0.05, 0.1) is 0 Å². The highest BCUT2D eigenvalue weighted by molar-refractivity contribution is 5.94. The van der Waals surface area contributed by atoms with Gasteiger partial charge in [-0.05, 0) is 359 Å². The number of anilines is 8. The van der Waals surface area contributed by atoms with Crippen LogP contribution in [0.5, 0.6) is 0 Å². The predicted molar refractivity (Wildman–Crippen MR) is 645 cm³/mol. The smallest absolute Gasteiger partial charge is 0.0459 e. The summed E-state index contributed by atoms with van der Waals surface area (Å²) in [5.74, 6) is 0.801. The Bertz CT molecular complexity index is 7590. The molecule has 0 fully saturated rings. The zero-order valence-electron chi connectivity index (χ0n) is 95.7. The van der Waals surface area contributed by atoms with Gasteiger partial charge in [0.1, 0.15) is 0 Å². The second kappa shape index (κ2) is 40.0. The Labute approximate surface area is 891 Å². The molecule has 16 aromatic carbocycles. The van der Waals surface area contributed by atoms with Crippen molar-refractivity contribution >= 4 is 45.5 Å². The van der Waals surface area contributed by atoms with Crippen molar-refractivity contribution in [3.05, 3.63) is 429 Å². The molecular formula is C144H164N4. The summed E-state index contributed by atoms with van der Waals surface area (Å²) in [7, 11) is 0. The summed E-state index contributed by atoms with van der Waals surface area (Å²) in [5, 5.41) is 0. The fourth-order valence-electron chi connectivity index (χ4n) is 25.8. The average Bonchev–Trinajstić information content (AvgIpc) is 1.55. The van der Waals surface area contributed by atoms with Gasteiger partial charge < -0.3 is 19.6 Å². The van der Waals surface area contributed by atoms with Gasteiger partial charge in [-0.2, -0.15) is 0 Å². The van der Waals surface area contributed by atoms with Crippen LogP contribution < -0.4 is 19.6 Å². The number of hydrogen-bond acceptors (Lipinski definition) is 4. The minimum atomic E-state index is -0.154. The molecule has 760 valence electrons. The van der Waals surface area contributed by atoms with E-state index in [0.29, 0.717) is 11.8 Å². The first-order chi connectivity index (χ1) is 69.8. The number of hydrogen-bond donors (Lipinski definition) is 0. The molecule has 0 unspecified atom stereocenters.